The van der Waals surface area contributed by atoms with Gasteiger partial charge in [-0.25, -0.2) is 0 Å². The lowest BCUT2D eigenvalue weighted by molar-refractivity contribution is -0.0219. The molecule has 0 aromatic heterocycles. The lowest BCUT2D eigenvalue weighted by Gasteiger charge is -2.29. The lowest BCUT2D eigenvalue weighted by Crippen LogP contribution is -2.46. The van der Waals surface area contributed by atoms with Gasteiger partial charge in [-0.1, -0.05) is 64.5 Å². The number of aliphatic hydroxyl groups excluding tert-OH is 1. The first kappa shape index (κ1) is 24.2. The zero-order valence-corrected chi connectivity index (χ0v) is 21.3. The number of methoxy groups -OCH3 is 1. The molecule has 0 amide bonds. The number of ether oxygens (including phenoxy) is 2. The van der Waals surface area contributed by atoms with Crippen LogP contribution in [0.15, 0.2) is 65.1 Å². The fourth-order valence-electron chi connectivity index (χ4n) is 4.39. The van der Waals surface area contributed by atoms with Crippen LogP contribution in [-0.2, 0) is 11.2 Å². The molecular weight excluding hydrogens is 478 g/mol. The second kappa shape index (κ2) is 10.6. The molecule has 1 saturated carbocycles. The maximum atomic E-state index is 10.7. The molecule has 4 rings (SSSR count). The SMILES string of the molecule is COc1cc(Br)ccc1C(OC[C@H](O)CNC(C)(C)Cc1ccc2ccccc2c1)C1CC1. The van der Waals surface area contributed by atoms with Gasteiger partial charge in [0.15, 0.2) is 0 Å². The number of benzene rings is 3. The van der Waals surface area contributed by atoms with Crippen LogP contribution in [-0.4, -0.2) is 37.0 Å². The minimum atomic E-state index is -0.580. The van der Waals surface area contributed by atoms with Gasteiger partial charge in [0.1, 0.15) is 5.75 Å². The Morgan fingerprint density at radius 1 is 1.06 bits per heavy atom. The highest BCUT2D eigenvalue weighted by molar-refractivity contribution is 9.10. The molecule has 1 unspecified atom stereocenters. The average molecular weight is 512 g/mol. The van der Waals surface area contributed by atoms with E-state index in [9.17, 15) is 5.11 Å². The monoisotopic (exact) mass is 511 g/mol. The Bertz CT molecular complexity index is 1080. The van der Waals surface area contributed by atoms with Crippen LogP contribution in [0.25, 0.3) is 10.8 Å². The van der Waals surface area contributed by atoms with Crippen molar-refractivity contribution < 1.29 is 14.6 Å². The quantitative estimate of drug-likeness (QED) is 0.329. The van der Waals surface area contributed by atoms with Crippen molar-refractivity contribution >= 4 is 26.7 Å². The summed E-state index contributed by atoms with van der Waals surface area (Å²) >= 11 is 3.51. The molecule has 5 heteroatoms. The molecule has 0 bridgehead atoms. The molecular formula is C28H34BrNO3. The predicted octanol–water partition coefficient (Wildman–Crippen LogP) is 6.05. The molecule has 0 radical (unpaired) electrons. The highest BCUT2D eigenvalue weighted by Gasteiger charge is 2.35. The topological polar surface area (TPSA) is 50.7 Å². The van der Waals surface area contributed by atoms with Crippen LogP contribution in [0.4, 0.5) is 0 Å². The van der Waals surface area contributed by atoms with Crippen LogP contribution in [0.1, 0.15) is 43.9 Å². The summed E-state index contributed by atoms with van der Waals surface area (Å²) in [5.41, 5.74) is 2.20. The summed E-state index contributed by atoms with van der Waals surface area (Å²) in [6.07, 6.45) is 2.55. The Morgan fingerprint density at radius 2 is 1.82 bits per heavy atom. The highest BCUT2D eigenvalue weighted by atomic mass is 79.9. The second-order valence-electron chi connectivity index (χ2n) is 9.75. The first-order chi connectivity index (χ1) is 15.8. The summed E-state index contributed by atoms with van der Waals surface area (Å²) in [7, 11) is 1.69. The van der Waals surface area contributed by atoms with E-state index in [1.165, 1.54) is 16.3 Å². The summed E-state index contributed by atoms with van der Waals surface area (Å²) in [6.45, 7) is 5.12. The van der Waals surface area contributed by atoms with E-state index in [1.807, 2.05) is 12.1 Å². The minimum Gasteiger partial charge on any atom is -0.496 e. The Balaban J connectivity index is 1.31. The molecule has 3 aromatic carbocycles. The van der Waals surface area contributed by atoms with E-state index in [4.69, 9.17) is 9.47 Å². The van der Waals surface area contributed by atoms with Gasteiger partial charge in [0, 0.05) is 22.1 Å². The molecule has 0 saturated heterocycles. The van der Waals surface area contributed by atoms with E-state index in [0.717, 1.165) is 35.0 Å². The van der Waals surface area contributed by atoms with Gasteiger partial charge < -0.3 is 19.9 Å². The van der Waals surface area contributed by atoms with Crippen LogP contribution < -0.4 is 10.1 Å². The van der Waals surface area contributed by atoms with Gasteiger partial charge in [-0.05, 0) is 67.5 Å². The Morgan fingerprint density at radius 3 is 2.55 bits per heavy atom. The van der Waals surface area contributed by atoms with Crippen molar-refractivity contribution in [1.29, 1.82) is 0 Å². The van der Waals surface area contributed by atoms with Gasteiger partial charge in [-0.3, -0.25) is 0 Å². The average Bonchev–Trinajstić information content (AvgIpc) is 3.63. The van der Waals surface area contributed by atoms with Gasteiger partial charge in [0.25, 0.3) is 0 Å². The normalized spacial score (nSPS) is 16.0. The molecule has 0 heterocycles. The highest BCUT2D eigenvalue weighted by Crippen LogP contribution is 2.46. The molecule has 0 spiro atoms. The van der Waals surface area contributed by atoms with Crippen molar-refractivity contribution in [3.8, 4) is 5.75 Å². The van der Waals surface area contributed by atoms with Crippen molar-refractivity contribution in [3.05, 3.63) is 76.3 Å². The van der Waals surface area contributed by atoms with E-state index >= 15 is 0 Å². The smallest absolute Gasteiger partial charge is 0.125 e. The van der Waals surface area contributed by atoms with E-state index in [1.54, 1.807) is 7.11 Å². The number of aliphatic hydroxyl groups is 1. The minimum absolute atomic E-state index is 0.0479. The standard InChI is InChI=1S/C28H34BrNO3/c1-28(2,16-19-8-9-20-6-4-5-7-22(20)14-19)30-17-24(31)18-33-27(21-10-11-21)25-13-12-23(29)15-26(25)32-3/h4-9,12-15,21,24,27,30-31H,10-11,16-18H2,1-3H3/t24-,27?/m1/s1. The molecule has 3 aromatic rings. The maximum absolute atomic E-state index is 10.7. The molecule has 0 aliphatic heterocycles. The van der Waals surface area contributed by atoms with E-state index in [-0.39, 0.29) is 11.6 Å². The summed E-state index contributed by atoms with van der Waals surface area (Å²) in [4.78, 5) is 0. The lowest BCUT2D eigenvalue weighted by atomic mass is 9.93. The Hall–Kier alpha value is -1.92. The summed E-state index contributed by atoms with van der Waals surface area (Å²) < 4.78 is 12.8. The number of β-amino-alcohol motifs (C(OH)–C–C–N with tert-alkyl or cyclic N) is 1. The van der Waals surface area contributed by atoms with E-state index < -0.39 is 6.10 Å². The second-order valence-corrected chi connectivity index (χ2v) is 10.7. The maximum Gasteiger partial charge on any atom is 0.125 e. The van der Waals surface area contributed by atoms with Crippen molar-refractivity contribution in [1.82, 2.24) is 5.32 Å². The van der Waals surface area contributed by atoms with Crippen LogP contribution in [0.5, 0.6) is 5.75 Å². The molecule has 2 atom stereocenters. The number of hydrogen-bond donors (Lipinski definition) is 2. The van der Waals surface area contributed by atoms with E-state index in [0.29, 0.717) is 19.1 Å². The van der Waals surface area contributed by atoms with Gasteiger partial charge >= 0.3 is 0 Å². The van der Waals surface area contributed by atoms with Gasteiger partial charge in [-0.15, -0.1) is 0 Å². The first-order valence-corrected chi connectivity index (χ1v) is 12.5. The predicted molar refractivity (Wildman–Crippen MR) is 138 cm³/mol. The molecule has 176 valence electrons. The van der Waals surface area contributed by atoms with Gasteiger partial charge in [0.2, 0.25) is 0 Å². The van der Waals surface area contributed by atoms with Crippen LogP contribution in [0.2, 0.25) is 0 Å². The fourth-order valence-corrected chi connectivity index (χ4v) is 4.73. The number of rotatable bonds is 11. The summed E-state index contributed by atoms with van der Waals surface area (Å²) in [6, 6.07) is 21.1. The third-order valence-corrected chi connectivity index (χ3v) is 6.79. The third-order valence-electron chi connectivity index (χ3n) is 6.30. The molecule has 2 N–H and O–H groups in total. The number of hydrogen-bond acceptors (Lipinski definition) is 4. The fraction of sp³-hybridized carbons (Fsp3) is 0.429. The van der Waals surface area contributed by atoms with Gasteiger partial charge in [0.05, 0.1) is 25.9 Å². The summed E-state index contributed by atoms with van der Waals surface area (Å²) in [5.74, 6) is 1.31. The molecule has 1 aliphatic rings. The van der Waals surface area contributed by atoms with Crippen molar-refractivity contribution in [2.24, 2.45) is 5.92 Å². The summed E-state index contributed by atoms with van der Waals surface area (Å²) in [5, 5.41) is 16.7. The van der Waals surface area contributed by atoms with Crippen molar-refractivity contribution in [2.45, 2.75) is 50.9 Å². The van der Waals surface area contributed by atoms with Crippen molar-refractivity contribution in [3.63, 3.8) is 0 Å². The molecule has 33 heavy (non-hydrogen) atoms. The number of halogens is 1. The Kier molecular flexibility index (Phi) is 7.75. The zero-order valence-electron chi connectivity index (χ0n) is 19.7. The van der Waals surface area contributed by atoms with Crippen LogP contribution in [0, 0.1) is 5.92 Å². The van der Waals surface area contributed by atoms with E-state index in [2.05, 4.69) is 83.6 Å². The van der Waals surface area contributed by atoms with Gasteiger partial charge in [-0.2, -0.15) is 0 Å². The van der Waals surface area contributed by atoms with Crippen molar-refractivity contribution in [2.75, 3.05) is 20.3 Å². The first-order valence-electron chi connectivity index (χ1n) is 11.7. The van der Waals surface area contributed by atoms with Crippen LogP contribution in [0.3, 0.4) is 0 Å². The number of nitrogens with one attached hydrogen (secondary N) is 1. The molecule has 4 nitrogen and oxygen atoms in total. The molecule has 1 aliphatic carbocycles. The molecule has 1 fully saturated rings. The Labute approximate surface area is 205 Å². The number of fused-ring (bicyclic) bond motifs is 1. The van der Waals surface area contributed by atoms with Crippen LogP contribution >= 0.6 is 15.9 Å². The largest absolute Gasteiger partial charge is 0.496 e. The zero-order chi connectivity index (χ0) is 23.4. The third kappa shape index (κ3) is 6.57.